The number of nitrogens with one attached hydrogen (secondary N) is 1. The maximum atomic E-state index is 12.1. The molecule has 1 N–H and O–H groups in total. The molecule has 150 valence electrons. The van der Waals surface area contributed by atoms with Crippen LogP contribution in [0.5, 0.6) is 0 Å². The summed E-state index contributed by atoms with van der Waals surface area (Å²) in [4.78, 5) is 12.1. The number of carbonyl (C=O) groups is 1. The topological polar surface area (TPSA) is 38.3 Å². The van der Waals surface area contributed by atoms with Crippen molar-refractivity contribution in [3.05, 3.63) is 95.1 Å². The lowest BCUT2D eigenvalue weighted by atomic mass is 9.98. The normalized spacial score (nSPS) is 11.8. The lowest BCUT2D eigenvalue weighted by Gasteiger charge is -2.14. The zero-order valence-corrected chi connectivity index (χ0v) is 17.3. The molecule has 4 rings (SSSR count). The van der Waals surface area contributed by atoms with Gasteiger partial charge in [0, 0.05) is 30.3 Å². The first-order chi connectivity index (χ1) is 14.8. The molecule has 1 aliphatic rings. The number of hydrogen-bond donors (Lipinski definition) is 1. The van der Waals surface area contributed by atoms with Crippen LogP contribution in [0.25, 0.3) is 11.1 Å². The fourth-order valence-electron chi connectivity index (χ4n) is 3.72. The highest BCUT2D eigenvalue weighted by atomic mass is 35.5. The molecule has 30 heavy (non-hydrogen) atoms. The predicted octanol–water partition coefficient (Wildman–Crippen LogP) is 5.71. The Morgan fingerprint density at radius 2 is 1.57 bits per heavy atom. The van der Waals surface area contributed by atoms with E-state index in [2.05, 4.69) is 41.4 Å². The zero-order chi connectivity index (χ0) is 20.8. The number of ether oxygens (including phenoxy) is 1. The SMILES string of the molecule is O=C(NCCC#Cc1ccc(CCl)cc1)OCC1c2ccccc2-c2ccccc21. The summed E-state index contributed by atoms with van der Waals surface area (Å²) in [5, 5.41) is 2.78. The average molecular weight is 416 g/mol. The first-order valence-corrected chi connectivity index (χ1v) is 10.5. The number of fused-ring (bicyclic) bond motifs is 3. The summed E-state index contributed by atoms with van der Waals surface area (Å²) in [6, 6.07) is 24.4. The van der Waals surface area contributed by atoms with Gasteiger partial charge in [-0.3, -0.25) is 0 Å². The number of halogens is 1. The van der Waals surface area contributed by atoms with Crippen LogP contribution in [-0.4, -0.2) is 19.2 Å². The lowest BCUT2D eigenvalue weighted by Crippen LogP contribution is -2.26. The van der Waals surface area contributed by atoms with Gasteiger partial charge in [0.25, 0.3) is 0 Å². The van der Waals surface area contributed by atoms with Crippen molar-refractivity contribution in [1.29, 1.82) is 0 Å². The van der Waals surface area contributed by atoms with Gasteiger partial charge < -0.3 is 10.1 Å². The van der Waals surface area contributed by atoms with E-state index in [0.717, 1.165) is 11.1 Å². The highest BCUT2D eigenvalue weighted by Crippen LogP contribution is 2.44. The number of rotatable bonds is 5. The molecule has 0 aromatic heterocycles. The van der Waals surface area contributed by atoms with Gasteiger partial charge in [-0.05, 0) is 39.9 Å². The van der Waals surface area contributed by atoms with E-state index in [9.17, 15) is 4.79 Å². The van der Waals surface area contributed by atoms with E-state index in [0.29, 0.717) is 25.5 Å². The Hall–Kier alpha value is -3.22. The van der Waals surface area contributed by atoms with Crippen LogP contribution in [0.4, 0.5) is 4.79 Å². The number of hydrogen-bond acceptors (Lipinski definition) is 2. The number of amides is 1. The van der Waals surface area contributed by atoms with Gasteiger partial charge in [-0.1, -0.05) is 72.5 Å². The molecule has 3 aromatic rings. The maximum Gasteiger partial charge on any atom is 0.407 e. The molecule has 0 aliphatic heterocycles. The van der Waals surface area contributed by atoms with E-state index in [4.69, 9.17) is 16.3 Å². The van der Waals surface area contributed by atoms with E-state index < -0.39 is 6.09 Å². The monoisotopic (exact) mass is 415 g/mol. The van der Waals surface area contributed by atoms with Crippen LogP contribution in [0, 0.1) is 11.8 Å². The molecular weight excluding hydrogens is 394 g/mol. The Kier molecular flexibility index (Phi) is 6.37. The van der Waals surface area contributed by atoms with Gasteiger partial charge in [0.15, 0.2) is 0 Å². The minimum absolute atomic E-state index is 0.0684. The molecule has 0 fully saturated rings. The molecule has 4 heteroatoms. The Morgan fingerprint density at radius 1 is 0.933 bits per heavy atom. The van der Waals surface area contributed by atoms with Gasteiger partial charge in [0.1, 0.15) is 6.61 Å². The van der Waals surface area contributed by atoms with Crippen molar-refractivity contribution in [3.63, 3.8) is 0 Å². The summed E-state index contributed by atoms with van der Waals surface area (Å²) < 4.78 is 5.52. The smallest absolute Gasteiger partial charge is 0.407 e. The Morgan fingerprint density at radius 3 is 2.20 bits per heavy atom. The molecule has 0 bridgehead atoms. The van der Waals surface area contributed by atoms with Crippen molar-refractivity contribution in [2.75, 3.05) is 13.2 Å². The van der Waals surface area contributed by atoms with E-state index in [-0.39, 0.29) is 5.92 Å². The van der Waals surface area contributed by atoms with Crippen LogP contribution in [0.3, 0.4) is 0 Å². The molecule has 1 amide bonds. The standard InChI is InChI=1S/C26H22ClNO2/c27-17-20-14-12-19(13-15-20)7-5-6-16-28-26(29)30-18-25-23-10-3-1-8-21(23)22-9-2-4-11-24(22)25/h1-4,8-15,25H,6,16-18H2,(H,28,29). The van der Waals surface area contributed by atoms with Crippen LogP contribution in [0.1, 0.15) is 34.6 Å². The fourth-order valence-corrected chi connectivity index (χ4v) is 3.90. The fraction of sp³-hybridized carbons (Fsp3) is 0.192. The molecule has 1 aliphatic carbocycles. The molecule has 0 heterocycles. The largest absolute Gasteiger partial charge is 0.449 e. The molecule has 3 nitrogen and oxygen atoms in total. The van der Waals surface area contributed by atoms with E-state index in [1.807, 2.05) is 48.5 Å². The van der Waals surface area contributed by atoms with Gasteiger partial charge in [-0.25, -0.2) is 4.79 Å². The van der Waals surface area contributed by atoms with Crippen molar-refractivity contribution in [3.8, 4) is 23.0 Å². The highest BCUT2D eigenvalue weighted by molar-refractivity contribution is 6.17. The average Bonchev–Trinajstić information content (AvgIpc) is 3.12. The molecule has 3 aromatic carbocycles. The number of alkyl carbamates (subject to hydrolysis) is 1. The Balaban J connectivity index is 1.27. The second-order valence-corrected chi connectivity index (χ2v) is 7.40. The van der Waals surface area contributed by atoms with Crippen molar-refractivity contribution in [1.82, 2.24) is 5.32 Å². The third-order valence-corrected chi connectivity index (χ3v) is 5.51. The van der Waals surface area contributed by atoms with Gasteiger partial charge in [0.05, 0.1) is 0 Å². The molecule has 0 atom stereocenters. The van der Waals surface area contributed by atoms with Gasteiger partial charge >= 0.3 is 6.09 Å². The Labute approximate surface area is 182 Å². The molecule has 0 radical (unpaired) electrons. The van der Waals surface area contributed by atoms with Crippen LogP contribution in [0.15, 0.2) is 72.8 Å². The van der Waals surface area contributed by atoms with Gasteiger partial charge in [-0.15, -0.1) is 11.6 Å². The quantitative estimate of drug-likeness (QED) is 0.329. The van der Waals surface area contributed by atoms with Crippen molar-refractivity contribution < 1.29 is 9.53 Å². The minimum atomic E-state index is -0.412. The number of carbonyl (C=O) groups excluding carboxylic acids is 1. The first-order valence-electron chi connectivity index (χ1n) is 9.99. The number of alkyl halides is 1. The van der Waals surface area contributed by atoms with Crippen LogP contribution in [-0.2, 0) is 10.6 Å². The van der Waals surface area contributed by atoms with Crippen molar-refractivity contribution in [2.24, 2.45) is 0 Å². The first kappa shape index (κ1) is 20.1. The third-order valence-electron chi connectivity index (χ3n) is 5.20. The summed E-state index contributed by atoms with van der Waals surface area (Å²) in [6.07, 6.45) is 0.145. The molecule has 0 unspecified atom stereocenters. The zero-order valence-electron chi connectivity index (χ0n) is 16.5. The molecular formula is C26H22ClNO2. The summed E-state index contributed by atoms with van der Waals surface area (Å²) in [5.41, 5.74) is 6.85. The summed E-state index contributed by atoms with van der Waals surface area (Å²) in [5.74, 6) is 6.71. The van der Waals surface area contributed by atoms with Crippen LogP contribution >= 0.6 is 11.6 Å². The van der Waals surface area contributed by atoms with Crippen molar-refractivity contribution in [2.45, 2.75) is 18.2 Å². The van der Waals surface area contributed by atoms with Gasteiger partial charge in [-0.2, -0.15) is 0 Å². The number of benzene rings is 3. The van der Waals surface area contributed by atoms with Crippen molar-refractivity contribution >= 4 is 17.7 Å². The maximum absolute atomic E-state index is 12.1. The van der Waals surface area contributed by atoms with E-state index in [1.165, 1.54) is 22.3 Å². The summed E-state index contributed by atoms with van der Waals surface area (Å²) >= 11 is 5.78. The molecule has 0 spiro atoms. The van der Waals surface area contributed by atoms with E-state index >= 15 is 0 Å². The van der Waals surface area contributed by atoms with E-state index in [1.54, 1.807) is 0 Å². The second kappa shape index (κ2) is 9.52. The predicted molar refractivity (Wildman–Crippen MR) is 121 cm³/mol. The summed E-state index contributed by atoms with van der Waals surface area (Å²) in [6.45, 7) is 0.766. The third kappa shape index (κ3) is 4.50. The second-order valence-electron chi connectivity index (χ2n) is 7.13. The minimum Gasteiger partial charge on any atom is -0.449 e. The summed E-state index contributed by atoms with van der Waals surface area (Å²) in [7, 11) is 0. The lowest BCUT2D eigenvalue weighted by molar-refractivity contribution is 0.143. The molecule has 0 saturated heterocycles. The van der Waals surface area contributed by atoms with Crippen LogP contribution in [0.2, 0.25) is 0 Å². The van der Waals surface area contributed by atoms with Gasteiger partial charge in [0.2, 0.25) is 0 Å². The molecule has 0 saturated carbocycles. The van der Waals surface area contributed by atoms with Crippen LogP contribution < -0.4 is 5.32 Å². The highest BCUT2D eigenvalue weighted by Gasteiger charge is 2.28. The Bertz CT molecular complexity index is 1050.